The number of hydrogen-bond acceptors (Lipinski definition) is 5. The molecule has 18 heavy (non-hydrogen) atoms. The molecule has 0 atom stereocenters. The van der Waals surface area contributed by atoms with Gasteiger partial charge in [-0.15, -0.1) is 0 Å². The first-order valence-corrected chi connectivity index (χ1v) is 6.20. The molecule has 0 saturated heterocycles. The zero-order valence-electron chi connectivity index (χ0n) is 10.5. The molecule has 0 fully saturated rings. The second-order valence-electron chi connectivity index (χ2n) is 3.59. The largest absolute Gasteiger partial charge is 0.475 e. The minimum Gasteiger partial charge on any atom is -0.475 e. The average Bonchev–Trinajstić information content (AvgIpc) is 2.39. The van der Waals surface area contributed by atoms with Crippen LogP contribution in [-0.2, 0) is 16.0 Å². The van der Waals surface area contributed by atoms with Gasteiger partial charge in [-0.1, -0.05) is 11.6 Å². The fourth-order valence-electron chi connectivity index (χ4n) is 1.30. The van der Waals surface area contributed by atoms with Crippen molar-refractivity contribution < 1.29 is 14.2 Å². The molecule has 6 heteroatoms. The van der Waals surface area contributed by atoms with Gasteiger partial charge in [-0.25, -0.2) is 4.98 Å². The van der Waals surface area contributed by atoms with Gasteiger partial charge in [-0.05, 0) is 12.5 Å². The van der Waals surface area contributed by atoms with E-state index in [2.05, 4.69) is 4.98 Å². The molecule has 0 aliphatic carbocycles. The van der Waals surface area contributed by atoms with Crippen molar-refractivity contribution in [2.24, 2.45) is 5.73 Å². The van der Waals surface area contributed by atoms with Gasteiger partial charge in [0.15, 0.2) is 0 Å². The van der Waals surface area contributed by atoms with Crippen LogP contribution in [0.25, 0.3) is 0 Å². The summed E-state index contributed by atoms with van der Waals surface area (Å²) in [4.78, 5) is 4.18. The molecular formula is C12H19ClN2O3. The van der Waals surface area contributed by atoms with Crippen LogP contribution in [0.5, 0.6) is 5.88 Å². The first-order valence-electron chi connectivity index (χ1n) is 5.83. The van der Waals surface area contributed by atoms with Crippen molar-refractivity contribution in [3.8, 4) is 5.88 Å². The molecule has 0 bridgehead atoms. The first-order chi connectivity index (χ1) is 8.77. The van der Waals surface area contributed by atoms with E-state index in [0.717, 1.165) is 6.42 Å². The third-order valence-corrected chi connectivity index (χ3v) is 2.55. The maximum absolute atomic E-state index is 5.89. The summed E-state index contributed by atoms with van der Waals surface area (Å²) in [6, 6.07) is 3.44. The highest BCUT2D eigenvalue weighted by molar-refractivity contribution is 6.31. The number of pyridine rings is 1. The van der Waals surface area contributed by atoms with E-state index in [4.69, 9.17) is 31.5 Å². The normalized spacial score (nSPS) is 10.6. The predicted octanol–water partition coefficient (Wildman–Crippen LogP) is 1.63. The Morgan fingerprint density at radius 3 is 2.78 bits per heavy atom. The van der Waals surface area contributed by atoms with Crippen molar-refractivity contribution in [3.05, 3.63) is 22.8 Å². The van der Waals surface area contributed by atoms with E-state index >= 15 is 0 Å². The van der Waals surface area contributed by atoms with Gasteiger partial charge in [0.05, 0.1) is 17.3 Å². The number of ether oxygens (including phenoxy) is 3. The molecule has 102 valence electrons. The Balaban J connectivity index is 2.19. The van der Waals surface area contributed by atoms with Gasteiger partial charge in [0.1, 0.15) is 6.61 Å². The van der Waals surface area contributed by atoms with Gasteiger partial charge in [0, 0.05) is 32.9 Å². The zero-order valence-corrected chi connectivity index (χ0v) is 11.3. The molecular weight excluding hydrogens is 256 g/mol. The molecule has 0 radical (unpaired) electrons. The fraction of sp³-hybridized carbons (Fsp3) is 0.583. The standard InChI is InChI=1S/C12H19ClN2O3/c1-16-5-2-6-17-7-8-18-12-4-3-10(13)11(9-14)15-12/h3-4H,2,5-9,14H2,1H3. The summed E-state index contributed by atoms with van der Waals surface area (Å²) in [5.41, 5.74) is 6.14. The van der Waals surface area contributed by atoms with Gasteiger partial charge in [0.25, 0.3) is 0 Å². The van der Waals surface area contributed by atoms with E-state index in [0.29, 0.717) is 49.6 Å². The molecule has 0 aliphatic heterocycles. The van der Waals surface area contributed by atoms with Crippen molar-refractivity contribution >= 4 is 11.6 Å². The van der Waals surface area contributed by atoms with Crippen molar-refractivity contribution in [2.75, 3.05) is 33.5 Å². The summed E-state index contributed by atoms with van der Waals surface area (Å²) in [5, 5.41) is 0.556. The van der Waals surface area contributed by atoms with Crippen molar-refractivity contribution in [3.63, 3.8) is 0 Å². The summed E-state index contributed by atoms with van der Waals surface area (Å²) in [5.74, 6) is 0.514. The molecule has 0 spiro atoms. The Kier molecular flexibility index (Phi) is 7.68. The predicted molar refractivity (Wildman–Crippen MR) is 69.9 cm³/mol. The zero-order chi connectivity index (χ0) is 13.2. The van der Waals surface area contributed by atoms with Crippen LogP contribution in [0.3, 0.4) is 0 Å². The quantitative estimate of drug-likeness (QED) is 0.693. The van der Waals surface area contributed by atoms with Gasteiger partial charge < -0.3 is 19.9 Å². The Morgan fingerprint density at radius 2 is 2.06 bits per heavy atom. The van der Waals surface area contributed by atoms with Crippen LogP contribution < -0.4 is 10.5 Å². The highest BCUT2D eigenvalue weighted by Gasteiger charge is 2.02. The van der Waals surface area contributed by atoms with Crippen molar-refractivity contribution in [1.82, 2.24) is 4.98 Å². The van der Waals surface area contributed by atoms with E-state index in [9.17, 15) is 0 Å². The Hall–Kier alpha value is -0.880. The second-order valence-corrected chi connectivity index (χ2v) is 4.00. The fourth-order valence-corrected chi connectivity index (χ4v) is 1.48. The summed E-state index contributed by atoms with van der Waals surface area (Å²) < 4.78 is 15.7. The number of hydrogen-bond donors (Lipinski definition) is 1. The topological polar surface area (TPSA) is 66.6 Å². The van der Waals surface area contributed by atoms with E-state index in [1.54, 1.807) is 19.2 Å². The van der Waals surface area contributed by atoms with Gasteiger partial charge >= 0.3 is 0 Å². The molecule has 1 rings (SSSR count). The van der Waals surface area contributed by atoms with E-state index in [1.165, 1.54) is 0 Å². The highest BCUT2D eigenvalue weighted by atomic mass is 35.5. The SMILES string of the molecule is COCCCOCCOc1ccc(Cl)c(CN)n1. The summed E-state index contributed by atoms with van der Waals surface area (Å²) in [6.45, 7) is 2.64. The number of aromatic nitrogens is 1. The molecule has 1 heterocycles. The molecule has 0 aliphatic rings. The Morgan fingerprint density at radius 1 is 1.22 bits per heavy atom. The van der Waals surface area contributed by atoms with Crippen LogP contribution in [0.2, 0.25) is 5.02 Å². The highest BCUT2D eigenvalue weighted by Crippen LogP contribution is 2.17. The van der Waals surface area contributed by atoms with Crippen LogP contribution in [0, 0.1) is 0 Å². The monoisotopic (exact) mass is 274 g/mol. The molecule has 0 aromatic carbocycles. The molecule has 0 unspecified atom stereocenters. The third kappa shape index (κ3) is 5.64. The van der Waals surface area contributed by atoms with Crippen LogP contribution in [0.15, 0.2) is 12.1 Å². The first kappa shape index (κ1) is 15.2. The van der Waals surface area contributed by atoms with E-state index < -0.39 is 0 Å². The van der Waals surface area contributed by atoms with Crippen LogP contribution >= 0.6 is 11.6 Å². The molecule has 2 N–H and O–H groups in total. The van der Waals surface area contributed by atoms with Gasteiger partial charge in [-0.3, -0.25) is 0 Å². The third-order valence-electron chi connectivity index (χ3n) is 2.20. The average molecular weight is 275 g/mol. The molecule has 1 aromatic heterocycles. The number of halogens is 1. The number of rotatable bonds is 9. The maximum Gasteiger partial charge on any atom is 0.213 e. The van der Waals surface area contributed by atoms with Crippen molar-refractivity contribution in [1.29, 1.82) is 0 Å². The molecule has 0 amide bonds. The smallest absolute Gasteiger partial charge is 0.213 e. The Labute approximate surface area is 112 Å². The van der Waals surface area contributed by atoms with Crippen molar-refractivity contribution in [2.45, 2.75) is 13.0 Å². The summed E-state index contributed by atoms with van der Waals surface area (Å²) in [6.07, 6.45) is 0.882. The number of nitrogens with two attached hydrogens (primary N) is 1. The van der Waals surface area contributed by atoms with Gasteiger partial charge in [-0.2, -0.15) is 0 Å². The van der Waals surface area contributed by atoms with Crippen LogP contribution in [-0.4, -0.2) is 38.5 Å². The van der Waals surface area contributed by atoms with E-state index in [1.807, 2.05) is 0 Å². The second kappa shape index (κ2) is 9.10. The lowest BCUT2D eigenvalue weighted by atomic mass is 10.3. The molecule has 5 nitrogen and oxygen atoms in total. The lowest BCUT2D eigenvalue weighted by molar-refractivity contribution is 0.0795. The summed E-state index contributed by atoms with van der Waals surface area (Å²) >= 11 is 5.89. The lowest BCUT2D eigenvalue weighted by Crippen LogP contribution is -2.10. The van der Waals surface area contributed by atoms with E-state index in [-0.39, 0.29) is 0 Å². The molecule has 1 aromatic rings. The number of nitrogens with zero attached hydrogens (tertiary/aromatic N) is 1. The minimum atomic E-state index is 0.295. The van der Waals surface area contributed by atoms with Crippen LogP contribution in [0.4, 0.5) is 0 Å². The molecule has 0 saturated carbocycles. The summed E-state index contributed by atoms with van der Waals surface area (Å²) in [7, 11) is 1.67. The lowest BCUT2D eigenvalue weighted by Gasteiger charge is -2.08. The van der Waals surface area contributed by atoms with Gasteiger partial charge in [0.2, 0.25) is 5.88 Å². The van der Waals surface area contributed by atoms with Crippen LogP contribution in [0.1, 0.15) is 12.1 Å². The number of methoxy groups -OCH3 is 1. The maximum atomic E-state index is 5.89. The Bertz CT molecular complexity index is 350. The minimum absolute atomic E-state index is 0.295.